The predicted octanol–water partition coefficient (Wildman–Crippen LogP) is 1.95. The quantitative estimate of drug-likeness (QED) is 0.835. The second-order valence-corrected chi connectivity index (χ2v) is 4.91. The topological polar surface area (TPSA) is 49.3 Å². The zero-order chi connectivity index (χ0) is 12.8. The minimum absolute atomic E-state index is 0.0155. The fourth-order valence-electron chi connectivity index (χ4n) is 2.43. The molecule has 1 aromatic carbocycles. The zero-order valence-corrected chi connectivity index (χ0v) is 10.7. The van der Waals surface area contributed by atoms with Crippen LogP contribution in [0.1, 0.15) is 42.4 Å². The van der Waals surface area contributed by atoms with Crippen LogP contribution >= 0.6 is 0 Å². The number of nitrogens with one attached hydrogen (secondary N) is 1. The van der Waals surface area contributed by atoms with Crippen LogP contribution in [0.25, 0.3) is 0 Å². The maximum absolute atomic E-state index is 11.4. The highest BCUT2D eigenvalue weighted by Gasteiger charge is 2.09. The van der Waals surface area contributed by atoms with Gasteiger partial charge in [-0.2, -0.15) is 0 Å². The Hall–Kier alpha value is -1.35. The van der Waals surface area contributed by atoms with Gasteiger partial charge in [-0.3, -0.25) is 4.79 Å². The summed E-state index contributed by atoms with van der Waals surface area (Å²) in [6.07, 6.45) is 5.88. The summed E-state index contributed by atoms with van der Waals surface area (Å²) in [7, 11) is 0. The lowest BCUT2D eigenvalue weighted by atomic mass is 9.90. The minimum Gasteiger partial charge on any atom is -0.396 e. The maximum atomic E-state index is 11.4. The Labute approximate surface area is 108 Å². The molecule has 0 spiro atoms. The van der Waals surface area contributed by atoms with Gasteiger partial charge in [-0.15, -0.1) is 0 Å². The number of amides is 1. The molecular formula is C15H21NO2. The Morgan fingerprint density at radius 3 is 2.78 bits per heavy atom. The molecule has 2 N–H and O–H groups in total. The van der Waals surface area contributed by atoms with Gasteiger partial charge in [-0.25, -0.2) is 0 Å². The van der Waals surface area contributed by atoms with Crippen molar-refractivity contribution in [3.63, 3.8) is 0 Å². The molecule has 18 heavy (non-hydrogen) atoms. The molecule has 98 valence electrons. The summed E-state index contributed by atoms with van der Waals surface area (Å²) in [5, 5.41) is 11.5. The molecule has 1 aliphatic carbocycles. The first-order valence-corrected chi connectivity index (χ1v) is 6.78. The highest BCUT2D eigenvalue weighted by molar-refractivity contribution is 5.75. The van der Waals surface area contributed by atoms with Crippen molar-refractivity contribution < 1.29 is 9.90 Å². The molecule has 2 rings (SSSR count). The lowest BCUT2D eigenvalue weighted by molar-refractivity contribution is -0.121. The van der Waals surface area contributed by atoms with E-state index in [1.54, 1.807) is 0 Å². The van der Waals surface area contributed by atoms with Crippen LogP contribution in [0.5, 0.6) is 0 Å². The molecule has 0 atom stereocenters. The summed E-state index contributed by atoms with van der Waals surface area (Å²) in [4.78, 5) is 11.4. The van der Waals surface area contributed by atoms with Crippen molar-refractivity contribution in [2.24, 2.45) is 0 Å². The molecule has 0 bridgehead atoms. The van der Waals surface area contributed by atoms with Crippen molar-refractivity contribution >= 4 is 5.91 Å². The third kappa shape index (κ3) is 3.57. The van der Waals surface area contributed by atoms with Crippen molar-refractivity contribution in [3.05, 3.63) is 34.9 Å². The lowest BCUT2D eigenvalue weighted by Crippen LogP contribution is -2.22. The van der Waals surface area contributed by atoms with Crippen LogP contribution in [0, 0.1) is 0 Å². The number of benzene rings is 1. The van der Waals surface area contributed by atoms with Gasteiger partial charge < -0.3 is 10.4 Å². The third-order valence-corrected chi connectivity index (χ3v) is 3.46. The Morgan fingerprint density at radius 1 is 1.22 bits per heavy atom. The van der Waals surface area contributed by atoms with E-state index in [1.807, 2.05) is 0 Å². The summed E-state index contributed by atoms with van der Waals surface area (Å²) in [6.45, 7) is 0.670. The Morgan fingerprint density at radius 2 is 2.00 bits per heavy atom. The molecule has 0 fully saturated rings. The van der Waals surface area contributed by atoms with Crippen LogP contribution in [0.4, 0.5) is 0 Å². The zero-order valence-electron chi connectivity index (χ0n) is 10.7. The number of carbonyl (C=O) groups is 1. The van der Waals surface area contributed by atoms with E-state index in [2.05, 4.69) is 23.5 Å². The Kier molecular flexibility index (Phi) is 4.76. The van der Waals surface area contributed by atoms with Crippen LogP contribution in [0.2, 0.25) is 0 Å². The lowest BCUT2D eigenvalue weighted by Gasteiger charge is -2.16. The summed E-state index contributed by atoms with van der Waals surface area (Å²) in [5.74, 6) is 0.0155. The molecule has 0 radical (unpaired) electrons. The van der Waals surface area contributed by atoms with Crippen LogP contribution < -0.4 is 5.32 Å². The van der Waals surface area contributed by atoms with Crippen molar-refractivity contribution in [3.8, 4) is 0 Å². The summed E-state index contributed by atoms with van der Waals surface area (Å²) >= 11 is 0. The number of aliphatic hydroxyl groups is 1. The molecule has 3 nitrogen and oxygen atoms in total. The van der Waals surface area contributed by atoms with Crippen molar-refractivity contribution in [1.82, 2.24) is 5.32 Å². The molecule has 0 saturated heterocycles. The van der Waals surface area contributed by atoms with Gasteiger partial charge >= 0.3 is 0 Å². The van der Waals surface area contributed by atoms with Gasteiger partial charge in [-0.1, -0.05) is 18.2 Å². The van der Waals surface area contributed by atoms with Gasteiger partial charge in [0.15, 0.2) is 0 Å². The number of fused-ring (bicyclic) bond motifs is 1. The van der Waals surface area contributed by atoms with Crippen LogP contribution in [-0.2, 0) is 24.2 Å². The monoisotopic (exact) mass is 247 g/mol. The summed E-state index contributed by atoms with van der Waals surface area (Å²) in [6, 6.07) is 6.53. The van der Waals surface area contributed by atoms with Gasteiger partial charge in [0.2, 0.25) is 5.91 Å². The third-order valence-electron chi connectivity index (χ3n) is 3.46. The van der Waals surface area contributed by atoms with E-state index in [0.29, 0.717) is 19.4 Å². The second kappa shape index (κ2) is 6.55. The van der Waals surface area contributed by atoms with Crippen LogP contribution in [-0.4, -0.2) is 17.6 Å². The molecule has 0 heterocycles. The molecule has 0 saturated carbocycles. The van der Waals surface area contributed by atoms with E-state index >= 15 is 0 Å². The summed E-state index contributed by atoms with van der Waals surface area (Å²) in [5.41, 5.74) is 4.09. The van der Waals surface area contributed by atoms with Gasteiger partial charge in [0.25, 0.3) is 0 Å². The number of aliphatic hydroxyl groups excluding tert-OH is 1. The number of rotatable bonds is 5. The fraction of sp³-hybridized carbons (Fsp3) is 0.533. The highest BCUT2D eigenvalue weighted by Crippen LogP contribution is 2.22. The maximum Gasteiger partial charge on any atom is 0.220 e. The first-order valence-electron chi connectivity index (χ1n) is 6.78. The first-order chi connectivity index (χ1) is 8.79. The SMILES string of the molecule is O=C(CCCO)NCc1ccc2c(c1)CCCC2. The first kappa shape index (κ1) is 13.1. The Balaban J connectivity index is 1.88. The van der Waals surface area contributed by atoms with Gasteiger partial charge in [-0.05, 0) is 48.8 Å². The Bertz CT molecular complexity index is 415. The van der Waals surface area contributed by atoms with E-state index in [0.717, 1.165) is 0 Å². The average Bonchev–Trinajstić information content (AvgIpc) is 2.42. The van der Waals surface area contributed by atoms with Crippen molar-refractivity contribution in [2.45, 2.75) is 45.1 Å². The average molecular weight is 247 g/mol. The van der Waals surface area contributed by atoms with Crippen LogP contribution in [0.3, 0.4) is 0 Å². The molecular weight excluding hydrogens is 226 g/mol. The standard InChI is InChI=1S/C15H21NO2/c17-9-3-6-15(18)16-11-12-7-8-13-4-1-2-5-14(13)10-12/h7-8,10,17H,1-6,9,11H2,(H,16,18). The van der Waals surface area contributed by atoms with Gasteiger partial charge in [0.1, 0.15) is 0 Å². The minimum atomic E-state index is 0.0155. The summed E-state index contributed by atoms with van der Waals surface area (Å²) < 4.78 is 0. The predicted molar refractivity (Wildman–Crippen MR) is 71.3 cm³/mol. The van der Waals surface area contributed by atoms with Crippen LogP contribution in [0.15, 0.2) is 18.2 Å². The number of aryl methyl sites for hydroxylation is 2. The highest BCUT2D eigenvalue weighted by atomic mass is 16.3. The van der Waals surface area contributed by atoms with E-state index in [1.165, 1.54) is 42.4 Å². The van der Waals surface area contributed by atoms with Gasteiger partial charge in [0, 0.05) is 19.6 Å². The molecule has 1 aromatic rings. The normalized spacial score (nSPS) is 14.1. The molecule has 0 aliphatic heterocycles. The number of hydrogen-bond acceptors (Lipinski definition) is 2. The van der Waals surface area contributed by atoms with Crippen molar-refractivity contribution in [2.75, 3.05) is 6.61 Å². The smallest absolute Gasteiger partial charge is 0.220 e. The molecule has 1 amide bonds. The molecule has 0 unspecified atom stereocenters. The fourth-order valence-corrected chi connectivity index (χ4v) is 2.43. The molecule has 0 aromatic heterocycles. The number of hydrogen-bond donors (Lipinski definition) is 2. The number of carbonyl (C=O) groups excluding carboxylic acids is 1. The van der Waals surface area contributed by atoms with E-state index in [9.17, 15) is 4.79 Å². The second-order valence-electron chi connectivity index (χ2n) is 4.91. The molecule has 1 aliphatic rings. The molecule has 3 heteroatoms. The van der Waals surface area contributed by atoms with E-state index < -0.39 is 0 Å². The van der Waals surface area contributed by atoms with Crippen molar-refractivity contribution in [1.29, 1.82) is 0 Å². The van der Waals surface area contributed by atoms with Gasteiger partial charge in [0.05, 0.1) is 0 Å². The van der Waals surface area contributed by atoms with E-state index in [4.69, 9.17) is 5.11 Å². The van der Waals surface area contributed by atoms with E-state index in [-0.39, 0.29) is 12.5 Å². The largest absolute Gasteiger partial charge is 0.396 e.